The summed E-state index contributed by atoms with van der Waals surface area (Å²) in [5, 5.41) is 13.8. The average Bonchev–Trinajstić information content (AvgIpc) is 2.30. The Labute approximate surface area is 103 Å². The van der Waals surface area contributed by atoms with Crippen LogP contribution < -0.4 is 5.32 Å². The summed E-state index contributed by atoms with van der Waals surface area (Å²) in [5.74, 6) is 0. The van der Waals surface area contributed by atoms with Crippen molar-refractivity contribution in [2.24, 2.45) is 0 Å². The van der Waals surface area contributed by atoms with Crippen LogP contribution in [0.15, 0.2) is 24.3 Å². The SMILES string of the molecule is CN(C)Cc1ccc(C2(O)CCNCC2)cc1. The maximum absolute atomic E-state index is 10.6. The van der Waals surface area contributed by atoms with E-state index in [9.17, 15) is 5.11 Å². The van der Waals surface area contributed by atoms with Crippen LogP contribution in [0.1, 0.15) is 24.0 Å². The second-order valence-electron chi connectivity index (χ2n) is 5.22. The summed E-state index contributed by atoms with van der Waals surface area (Å²) >= 11 is 0. The van der Waals surface area contributed by atoms with Crippen molar-refractivity contribution in [3.63, 3.8) is 0 Å². The predicted molar refractivity (Wildman–Crippen MR) is 69.8 cm³/mol. The van der Waals surface area contributed by atoms with Crippen LogP contribution in [0.2, 0.25) is 0 Å². The van der Waals surface area contributed by atoms with Crippen LogP contribution in [0.3, 0.4) is 0 Å². The van der Waals surface area contributed by atoms with Crippen LogP contribution in [0, 0.1) is 0 Å². The van der Waals surface area contributed by atoms with Gasteiger partial charge in [-0.2, -0.15) is 0 Å². The van der Waals surface area contributed by atoms with E-state index in [1.54, 1.807) is 0 Å². The van der Waals surface area contributed by atoms with Crippen LogP contribution in [0.5, 0.6) is 0 Å². The molecule has 1 heterocycles. The summed E-state index contributed by atoms with van der Waals surface area (Å²) in [4.78, 5) is 2.15. The lowest BCUT2D eigenvalue weighted by Crippen LogP contribution is -2.39. The summed E-state index contributed by atoms with van der Waals surface area (Å²) in [6.45, 7) is 2.74. The molecule has 1 aliphatic rings. The molecule has 1 aliphatic heterocycles. The molecule has 2 rings (SSSR count). The summed E-state index contributed by atoms with van der Waals surface area (Å²) in [5.41, 5.74) is 1.72. The summed E-state index contributed by atoms with van der Waals surface area (Å²) < 4.78 is 0. The smallest absolute Gasteiger partial charge is 0.0920 e. The van der Waals surface area contributed by atoms with Crippen molar-refractivity contribution in [1.82, 2.24) is 10.2 Å². The van der Waals surface area contributed by atoms with Crippen molar-refractivity contribution >= 4 is 0 Å². The fraction of sp³-hybridized carbons (Fsp3) is 0.571. The highest BCUT2D eigenvalue weighted by molar-refractivity contribution is 5.27. The highest BCUT2D eigenvalue weighted by Gasteiger charge is 2.30. The van der Waals surface area contributed by atoms with Crippen molar-refractivity contribution < 1.29 is 5.11 Å². The lowest BCUT2D eigenvalue weighted by atomic mass is 9.85. The van der Waals surface area contributed by atoms with Gasteiger partial charge in [-0.25, -0.2) is 0 Å². The fourth-order valence-corrected chi connectivity index (χ4v) is 2.41. The van der Waals surface area contributed by atoms with Gasteiger partial charge < -0.3 is 15.3 Å². The minimum atomic E-state index is -0.623. The number of hydrogen-bond acceptors (Lipinski definition) is 3. The Bertz CT molecular complexity index is 353. The van der Waals surface area contributed by atoms with E-state index in [4.69, 9.17) is 0 Å². The first-order valence-corrected chi connectivity index (χ1v) is 6.27. The molecule has 0 spiro atoms. The van der Waals surface area contributed by atoms with Gasteiger partial charge >= 0.3 is 0 Å². The molecule has 1 saturated heterocycles. The molecule has 3 nitrogen and oxygen atoms in total. The molecule has 0 amide bonds. The van der Waals surface area contributed by atoms with Crippen molar-refractivity contribution in [1.29, 1.82) is 0 Å². The molecule has 1 aromatic carbocycles. The molecule has 94 valence electrons. The Kier molecular flexibility index (Phi) is 3.82. The number of nitrogens with one attached hydrogen (secondary N) is 1. The molecule has 0 bridgehead atoms. The Balaban J connectivity index is 2.11. The molecule has 0 unspecified atom stereocenters. The number of rotatable bonds is 3. The number of benzene rings is 1. The molecule has 17 heavy (non-hydrogen) atoms. The first kappa shape index (κ1) is 12.6. The van der Waals surface area contributed by atoms with Gasteiger partial charge in [0, 0.05) is 6.54 Å². The first-order chi connectivity index (χ1) is 8.10. The number of piperidine rings is 1. The fourth-order valence-electron chi connectivity index (χ4n) is 2.41. The molecule has 0 aliphatic carbocycles. The minimum Gasteiger partial charge on any atom is -0.385 e. The van der Waals surface area contributed by atoms with Gasteiger partial charge in [0.15, 0.2) is 0 Å². The van der Waals surface area contributed by atoms with Gasteiger partial charge in [-0.05, 0) is 51.2 Å². The predicted octanol–water partition coefficient (Wildman–Crippen LogP) is 1.32. The topological polar surface area (TPSA) is 35.5 Å². The largest absolute Gasteiger partial charge is 0.385 e. The highest BCUT2D eigenvalue weighted by Crippen LogP contribution is 2.30. The molecule has 0 radical (unpaired) electrons. The highest BCUT2D eigenvalue weighted by atomic mass is 16.3. The molecule has 2 N–H and O–H groups in total. The van der Waals surface area contributed by atoms with E-state index in [0.717, 1.165) is 38.0 Å². The van der Waals surface area contributed by atoms with Gasteiger partial charge in [-0.15, -0.1) is 0 Å². The summed E-state index contributed by atoms with van der Waals surface area (Å²) in [6.07, 6.45) is 1.61. The Morgan fingerprint density at radius 3 is 2.29 bits per heavy atom. The van der Waals surface area contributed by atoms with E-state index in [-0.39, 0.29) is 0 Å². The van der Waals surface area contributed by atoms with Gasteiger partial charge in [-0.1, -0.05) is 24.3 Å². The van der Waals surface area contributed by atoms with E-state index in [2.05, 4.69) is 48.6 Å². The van der Waals surface area contributed by atoms with Crippen LogP contribution in [-0.2, 0) is 12.1 Å². The minimum absolute atomic E-state index is 0.623. The quantitative estimate of drug-likeness (QED) is 0.828. The molecule has 0 aromatic heterocycles. The summed E-state index contributed by atoms with van der Waals surface area (Å²) in [7, 11) is 4.13. The van der Waals surface area contributed by atoms with Crippen molar-refractivity contribution in [2.75, 3.05) is 27.2 Å². The zero-order valence-corrected chi connectivity index (χ0v) is 10.7. The zero-order valence-electron chi connectivity index (χ0n) is 10.7. The van der Waals surface area contributed by atoms with Crippen molar-refractivity contribution in [3.05, 3.63) is 35.4 Å². The van der Waals surface area contributed by atoms with Crippen molar-refractivity contribution in [2.45, 2.75) is 25.0 Å². The average molecular weight is 234 g/mol. The van der Waals surface area contributed by atoms with Crippen LogP contribution in [0.25, 0.3) is 0 Å². The second kappa shape index (κ2) is 5.17. The molecular weight excluding hydrogens is 212 g/mol. The van der Waals surface area contributed by atoms with Crippen LogP contribution in [0.4, 0.5) is 0 Å². The third kappa shape index (κ3) is 3.06. The van der Waals surface area contributed by atoms with Gasteiger partial charge in [0.2, 0.25) is 0 Å². The molecule has 0 saturated carbocycles. The van der Waals surface area contributed by atoms with Gasteiger partial charge in [0.05, 0.1) is 5.60 Å². The van der Waals surface area contributed by atoms with E-state index < -0.39 is 5.60 Å². The Hall–Kier alpha value is -0.900. The van der Waals surface area contributed by atoms with E-state index in [1.165, 1.54) is 5.56 Å². The first-order valence-electron chi connectivity index (χ1n) is 6.27. The number of hydrogen-bond donors (Lipinski definition) is 2. The van der Waals surface area contributed by atoms with Crippen LogP contribution in [-0.4, -0.2) is 37.2 Å². The monoisotopic (exact) mass is 234 g/mol. The number of aliphatic hydroxyl groups is 1. The van der Waals surface area contributed by atoms with Gasteiger partial charge in [-0.3, -0.25) is 0 Å². The standard InChI is InChI=1S/C14H22N2O/c1-16(2)11-12-3-5-13(6-4-12)14(17)7-9-15-10-8-14/h3-6,15,17H,7-11H2,1-2H3. The molecular formula is C14H22N2O. The molecule has 3 heteroatoms. The Morgan fingerprint density at radius 2 is 1.76 bits per heavy atom. The third-order valence-electron chi connectivity index (χ3n) is 3.42. The van der Waals surface area contributed by atoms with E-state index >= 15 is 0 Å². The van der Waals surface area contributed by atoms with Gasteiger partial charge in [0.25, 0.3) is 0 Å². The summed E-state index contributed by atoms with van der Waals surface area (Å²) in [6, 6.07) is 8.39. The lowest BCUT2D eigenvalue weighted by Gasteiger charge is -2.33. The lowest BCUT2D eigenvalue weighted by molar-refractivity contribution is 0.00592. The molecule has 1 fully saturated rings. The number of nitrogens with zero attached hydrogens (tertiary/aromatic N) is 1. The van der Waals surface area contributed by atoms with Crippen LogP contribution >= 0.6 is 0 Å². The zero-order chi connectivity index (χ0) is 12.3. The third-order valence-corrected chi connectivity index (χ3v) is 3.42. The van der Waals surface area contributed by atoms with E-state index in [1.807, 2.05) is 0 Å². The molecule has 1 aromatic rings. The Morgan fingerprint density at radius 1 is 1.18 bits per heavy atom. The maximum atomic E-state index is 10.6. The molecule has 0 atom stereocenters. The maximum Gasteiger partial charge on any atom is 0.0920 e. The van der Waals surface area contributed by atoms with E-state index in [0.29, 0.717) is 0 Å². The second-order valence-corrected chi connectivity index (χ2v) is 5.22. The van der Waals surface area contributed by atoms with Crippen molar-refractivity contribution in [3.8, 4) is 0 Å². The normalized spacial score (nSPS) is 19.5. The van der Waals surface area contributed by atoms with Gasteiger partial charge in [0.1, 0.15) is 0 Å².